The van der Waals surface area contributed by atoms with Crippen LogP contribution in [0, 0.1) is 12.7 Å². The number of hydrogen-bond donors (Lipinski definition) is 0. The zero-order chi connectivity index (χ0) is 18.5. The first kappa shape index (κ1) is 17.9. The SMILES string of the molecule is COCCOC(=O)c1c(C)oc2ccc(OCc3ccc(F)cc3)cc12. The van der Waals surface area contributed by atoms with Crippen LogP contribution in [0.4, 0.5) is 4.39 Å². The molecule has 3 rings (SSSR count). The van der Waals surface area contributed by atoms with Gasteiger partial charge in [-0.15, -0.1) is 0 Å². The van der Waals surface area contributed by atoms with Crippen molar-refractivity contribution in [2.75, 3.05) is 20.3 Å². The Morgan fingerprint density at radius 3 is 2.62 bits per heavy atom. The highest BCUT2D eigenvalue weighted by Crippen LogP contribution is 2.30. The Labute approximate surface area is 150 Å². The fourth-order valence-corrected chi connectivity index (χ4v) is 2.58. The van der Waals surface area contributed by atoms with Gasteiger partial charge in [-0.25, -0.2) is 9.18 Å². The van der Waals surface area contributed by atoms with Crippen molar-refractivity contribution < 1.29 is 27.8 Å². The number of aryl methyl sites for hydroxylation is 1. The van der Waals surface area contributed by atoms with E-state index in [4.69, 9.17) is 18.6 Å². The molecule has 2 aromatic carbocycles. The standard InChI is InChI=1S/C20H19FO5/c1-13-19(20(22)24-10-9-23-2)17-11-16(7-8-18(17)26-13)25-12-14-3-5-15(21)6-4-14/h3-8,11H,9-10,12H2,1-2H3. The maximum absolute atomic E-state index is 13.0. The van der Waals surface area contributed by atoms with Gasteiger partial charge in [-0.05, 0) is 42.8 Å². The summed E-state index contributed by atoms with van der Waals surface area (Å²) in [5.41, 5.74) is 1.80. The summed E-state index contributed by atoms with van der Waals surface area (Å²) in [6.07, 6.45) is 0. The number of methoxy groups -OCH3 is 1. The minimum atomic E-state index is -0.464. The Morgan fingerprint density at radius 2 is 1.88 bits per heavy atom. The number of carbonyl (C=O) groups excluding carboxylic acids is 1. The lowest BCUT2D eigenvalue weighted by Gasteiger charge is -2.07. The normalized spacial score (nSPS) is 10.9. The molecule has 0 saturated heterocycles. The van der Waals surface area contributed by atoms with Gasteiger partial charge in [-0.2, -0.15) is 0 Å². The Bertz CT molecular complexity index is 898. The molecule has 0 radical (unpaired) electrons. The van der Waals surface area contributed by atoms with Crippen LogP contribution in [0.5, 0.6) is 5.75 Å². The molecule has 0 bridgehead atoms. The molecule has 136 valence electrons. The van der Waals surface area contributed by atoms with Crippen LogP contribution < -0.4 is 4.74 Å². The summed E-state index contributed by atoms with van der Waals surface area (Å²) >= 11 is 0. The van der Waals surface area contributed by atoms with Crippen LogP contribution in [0.15, 0.2) is 46.9 Å². The first-order chi connectivity index (χ1) is 12.6. The number of halogens is 1. The number of benzene rings is 2. The van der Waals surface area contributed by atoms with Crippen molar-refractivity contribution in [1.29, 1.82) is 0 Å². The summed E-state index contributed by atoms with van der Waals surface area (Å²) in [6, 6.07) is 11.3. The van der Waals surface area contributed by atoms with E-state index in [1.54, 1.807) is 37.3 Å². The zero-order valence-corrected chi connectivity index (χ0v) is 14.6. The minimum Gasteiger partial charge on any atom is -0.489 e. The lowest BCUT2D eigenvalue weighted by atomic mass is 10.1. The van der Waals surface area contributed by atoms with E-state index >= 15 is 0 Å². The van der Waals surface area contributed by atoms with Gasteiger partial charge in [-0.1, -0.05) is 12.1 Å². The van der Waals surface area contributed by atoms with Crippen LogP contribution >= 0.6 is 0 Å². The largest absolute Gasteiger partial charge is 0.489 e. The highest BCUT2D eigenvalue weighted by molar-refractivity contribution is 6.04. The predicted molar refractivity (Wildman–Crippen MR) is 93.8 cm³/mol. The Balaban J connectivity index is 1.79. The van der Waals surface area contributed by atoms with Gasteiger partial charge in [0.25, 0.3) is 0 Å². The summed E-state index contributed by atoms with van der Waals surface area (Å²) in [6.45, 7) is 2.50. The molecule has 0 aliphatic rings. The third-order valence-electron chi connectivity index (χ3n) is 3.88. The Morgan fingerprint density at radius 1 is 1.12 bits per heavy atom. The van der Waals surface area contributed by atoms with Gasteiger partial charge in [0.15, 0.2) is 0 Å². The molecule has 1 aromatic heterocycles. The quantitative estimate of drug-likeness (QED) is 0.466. The van der Waals surface area contributed by atoms with Crippen molar-refractivity contribution in [3.05, 3.63) is 65.2 Å². The van der Waals surface area contributed by atoms with Gasteiger partial charge in [0.05, 0.1) is 6.61 Å². The van der Waals surface area contributed by atoms with E-state index in [1.165, 1.54) is 19.2 Å². The molecule has 0 saturated carbocycles. The average molecular weight is 358 g/mol. The summed E-state index contributed by atoms with van der Waals surface area (Å²) < 4.78 is 34.4. The number of rotatable bonds is 7. The predicted octanol–water partition coefficient (Wildman–Crippen LogP) is 4.26. The number of carbonyl (C=O) groups is 1. The van der Waals surface area contributed by atoms with Gasteiger partial charge < -0.3 is 18.6 Å². The second kappa shape index (κ2) is 8.01. The Kier molecular flexibility index (Phi) is 5.53. The molecule has 0 aliphatic heterocycles. The van der Waals surface area contributed by atoms with Crippen molar-refractivity contribution in [3.63, 3.8) is 0 Å². The fraction of sp³-hybridized carbons (Fsp3) is 0.250. The van der Waals surface area contributed by atoms with E-state index in [0.717, 1.165) is 5.56 Å². The maximum atomic E-state index is 13.0. The molecule has 0 aliphatic carbocycles. The molecule has 5 nitrogen and oxygen atoms in total. The molecule has 0 N–H and O–H groups in total. The molecule has 0 fully saturated rings. The second-order valence-corrected chi connectivity index (χ2v) is 5.74. The third kappa shape index (κ3) is 4.03. The highest BCUT2D eigenvalue weighted by atomic mass is 19.1. The average Bonchev–Trinajstić information content (AvgIpc) is 2.96. The number of furan rings is 1. The topological polar surface area (TPSA) is 57.9 Å². The van der Waals surface area contributed by atoms with Crippen LogP contribution in [0.1, 0.15) is 21.7 Å². The number of fused-ring (bicyclic) bond motifs is 1. The fourth-order valence-electron chi connectivity index (χ4n) is 2.58. The molecule has 3 aromatic rings. The second-order valence-electron chi connectivity index (χ2n) is 5.74. The third-order valence-corrected chi connectivity index (χ3v) is 3.88. The van der Waals surface area contributed by atoms with Crippen LogP contribution in [-0.4, -0.2) is 26.3 Å². The van der Waals surface area contributed by atoms with Gasteiger partial charge >= 0.3 is 5.97 Å². The molecule has 6 heteroatoms. The first-order valence-corrected chi connectivity index (χ1v) is 8.15. The number of ether oxygens (including phenoxy) is 3. The van der Waals surface area contributed by atoms with Gasteiger partial charge in [-0.3, -0.25) is 0 Å². The van der Waals surface area contributed by atoms with E-state index in [9.17, 15) is 9.18 Å². The van der Waals surface area contributed by atoms with E-state index < -0.39 is 5.97 Å². The summed E-state index contributed by atoms with van der Waals surface area (Å²) in [5.74, 6) is 0.307. The highest BCUT2D eigenvalue weighted by Gasteiger charge is 2.20. The molecular weight excluding hydrogens is 339 g/mol. The van der Waals surface area contributed by atoms with Gasteiger partial charge in [0, 0.05) is 12.5 Å². The summed E-state index contributed by atoms with van der Waals surface area (Å²) in [7, 11) is 1.54. The van der Waals surface area contributed by atoms with E-state index in [-0.39, 0.29) is 19.0 Å². The summed E-state index contributed by atoms with van der Waals surface area (Å²) in [5, 5.41) is 0.626. The zero-order valence-electron chi connectivity index (χ0n) is 14.6. The van der Waals surface area contributed by atoms with Crippen molar-refractivity contribution in [2.45, 2.75) is 13.5 Å². The molecular formula is C20H19FO5. The van der Waals surface area contributed by atoms with E-state index in [0.29, 0.717) is 34.6 Å². The van der Waals surface area contributed by atoms with Crippen molar-refractivity contribution in [3.8, 4) is 5.75 Å². The van der Waals surface area contributed by atoms with Crippen LogP contribution in [0.3, 0.4) is 0 Å². The lowest BCUT2D eigenvalue weighted by Crippen LogP contribution is -2.10. The number of esters is 1. The van der Waals surface area contributed by atoms with Crippen molar-refractivity contribution in [2.24, 2.45) is 0 Å². The van der Waals surface area contributed by atoms with Crippen molar-refractivity contribution >= 4 is 16.9 Å². The molecule has 0 spiro atoms. The Hall–Kier alpha value is -2.86. The minimum absolute atomic E-state index is 0.169. The maximum Gasteiger partial charge on any atom is 0.342 e. The van der Waals surface area contributed by atoms with Crippen LogP contribution in [-0.2, 0) is 16.1 Å². The van der Waals surface area contributed by atoms with Crippen LogP contribution in [0.25, 0.3) is 11.0 Å². The van der Waals surface area contributed by atoms with Crippen molar-refractivity contribution in [1.82, 2.24) is 0 Å². The molecule has 26 heavy (non-hydrogen) atoms. The lowest BCUT2D eigenvalue weighted by molar-refractivity contribution is 0.0388. The first-order valence-electron chi connectivity index (χ1n) is 8.15. The van der Waals surface area contributed by atoms with E-state index in [2.05, 4.69) is 0 Å². The van der Waals surface area contributed by atoms with Crippen LogP contribution in [0.2, 0.25) is 0 Å². The molecule has 0 amide bonds. The molecule has 0 unspecified atom stereocenters. The monoisotopic (exact) mass is 358 g/mol. The molecule has 0 atom stereocenters. The number of hydrogen-bond acceptors (Lipinski definition) is 5. The smallest absolute Gasteiger partial charge is 0.342 e. The summed E-state index contributed by atoms with van der Waals surface area (Å²) in [4.78, 5) is 12.3. The molecule has 1 heterocycles. The van der Waals surface area contributed by atoms with Gasteiger partial charge in [0.1, 0.15) is 41.7 Å². The van der Waals surface area contributed by atoms with E-state index in [1.807, 2.05) is 0 Å². The van der Waals surface area contributed by atoms with Gasteiger partial charge in [0.2, 0.25) is 0 Å².